The van der Waals surface area contributed by atoms with Crippen LogP contribution in [-0.4, -0.2) is 23.3 Å². The second-order valence-corrected chi connectivity index (χ2v) is 8.08. The number of anilines is 2. The largest absolute Gasteiger partial charge is 0.322 e. The van der Waals surface area contributed by atoms with Crippen LogP contribution in [0.15, 0.2) is 76.5 Å². The lowest BCUT2D eigenvalue weighted by molar-refractivity contribution is -0.384. The van der Waals surface area contributed by atoms with Gasteiger partial charge >= 0.3 is 0 Å². The molecule has 3 aromatic rings. The number of non-ortho nitro benzene ring substituents is 1. The van der Waals surface area contributed by atoms with Crippen LogP contribution in [0.5, 0.6) is 0 Å². The van der Waals surface area contributed by atoms with Gasteiger partial charge in [0.1, 0.15) is 0 Å². The lowest BCUT2D eigenvalue weighted by Gasteiger charge is -2.22. The number of benzene rings is 3. The number of fused-ring (bicyclic) bond motifs is 2. The lowest BCUT2D eigenvalue weighted by Crippen LogP contribution is -2.31. The fraction of sp³-hybridized carbons (Fsp3) is 0.130. The van der Waals surface area contributed by atoms with Gasteiger partial charge in [0.2, 0.25) is 0 Å². The molecule has 8 heteroatoms. The molecule has 0 fully saturated rings. The van der Waals surface area contributed by atoms with Gasteiger partial charge in [0.05, 0.1) is 16.2 Å². The minimum atomic E-state index is -0.535. The van der Waals surface area contributed by atoms with E-state index in [1.54, 1.807) is 11.0 Å². The van der Waals surface area contributed by atoms with Gasteiger partial charge in [0.25, 0.3) is 17.5 Å². The Morgan fingerprint density at radius 1 is 1.06 bits per heavy atom. The number of nitrogens with one attached hydrogen (secondary N) is 1. The van der Waals surface area contributed by atoms with Crippen LogP contribution in [0, 0.1) is 10.1 Å². The molecule has 2 amide bonds. The molecule has 3 aromatic carbocycles. The summed E-state index contributed by atoms with van der Waals surface area (Å²) >= 11 is 1.48. The number of nitrogens with zero attached hydrogens (tertiary/aromatic N) is 2. The second-order valence-electron chi connectivity index (χ2n) is 7.00. The van der Waals surface area contributed by atoms with E-state index in [4.69, 9.17) is 0 Å². The highest BCUT2D eigenvalue weighted by molar-refractivity contribution is 7.99. The van der Waals surface area contributed by atoms with Gasteiger partial charge in [-0.1, -0.05) is 36.9 Å². The van der Waals surface area contributed by atoms with E-state index in [1.165, 1.54) is 36.0 Å². The molecule has 156 valence electrons. The summed E-state index contributed by atoms with van der Waals surface area (Å²) in [4.78, 5) is 39.7. The maximum atomic E-state index is 13.1. The Morgan fingerprint density at radius 2 is 1.87 bits per heavy atom. The van der Waals surface area contributed by atoms with Crippen molar-refractivity contribution in [3.05, 3.63) is 88.0 Å². The third-order valence-corrected chi connectivity index (χ3v) is 5.98. The van der Waals surface area contributed by atoms with Crippen molar-refractivity contribution in [2.24, 2.45) is 0 Å². The Labute approximate surface area is 183 Å². The van der Waals surface area contributed by atoms with Crippen molar-refractivity contribution in [2.75, 3.05) is 16.8 Å². The molecule has 0 atom stereocenters. The van der Waals surface area contributed by atoms with Gasteiger partial charge in [0.15, 0.2) is 0 Å². The molecular formula is C23H19N3O4S. The molecular weight excluding hydrogens is 414 g/mol. The minimum absolute atomic E-state index is 0.0444. The maximum absolute atomic E-state index is 13.1. The number of rotatable bonds is 5. The molecule has 0 unspecified atom stereocenters. The van der Waals surface area contributed by atoms with Crippen molar-refractivity contribution in [1.29, 1.82) is 0 Å². The highest BCUT2D eigenvalue weighted by atomic mass is 32.2. The Balaban J connectivity index is 1.67. The van der Waals surface area contributed by atoms with Crippen LogP contribution in [0.3, 0.4) is 0 Å². The number of amides is 2. The van der Waals surface area contributed by atoms with Crippen LogP contribution in [0.2, 0.25) is 0 Å². The third-order valence-electron chi connectivity index (χ3n) is 4.86. The van der Waals surface area contributed by atoms with Crippen LogP contribution in [-0.2, 0) is 0 Å². The number of nitro benzene ring substituents is 1. The summed E-state index contributed by atoms with van der Waals surface area (Å²) in [6.45, 7) is 2.60. The average Bonchev–Trinajstić information content (AvgIpc) is 2.88. The van der Waals surface area contributed by atoms with Crippen LogP contribution >= 0.6 is 11.8 Å². The van der Waals surface area contributed by atoms with Crippen molar-refractivity contribution in [3.63, 3.8) is 0 Å². The fourth-order valence-corrected chi connectivity index (χ4v) is 4.53. The molecule has 1 heterocycles. The second kappa shape index (κ2) is 8.61. The van der Waals surface area contributed by atoms with Gasteiger partial charge in [-0.15, -0.1) is 0 Å². The van der Waals surface area contributed by atoms with Gasteiger partial charge in [-0.25, -0.2) is 0 Å². The maximum Gasteiger partial charge on any atom is 0.270 e. The molecule has 0 aromatic heterocycles. The highest BCUT2D eigenvalue weighted by Gasteiger charge is 2.27. The average molecular weight is 433 g/mol. The van der Waals surface area contributed by atoms with Crippen LogP contribution in [0.1, 0.15) is 34.1 Å². The fourth-order valence-electron chi connectivity index (χ4n) is 3.41. The standard InChI is InChI=1S/C23H19N3O4S/c1-2-12-25-19-11-10-16(24-22(27)15-6-5-7-17(13-15)26(29)30)14-21(19)31-20-9-4-3-8-18(20)23(25)28/h3-11,13-14H,2,12H2,1H3,(H,24,27). The molecule has 31 heavy (non-hydrogen) atoms. The summed E-state index contributed by atoms with van der Waals surface area (Å²) in [7, 11) is 0. The van der Waals surface area contributed by atoms with Crippen LogP contribution in [0.4, 0.5) is 17.1 Å². The third kappa shape index (κ3) is 4.15. The highest BCUT2D eigenvalue weighted by Crippen LogP contribution is 2.42. The zero-order valence-electron chi connectivity index (χ0n) is 16.7. The normalized spacial score (nSPS) is 12.5. The summed E-state index contributed by atoms with van der Waals surface area (Å²) in [5.74, 6) is -0.485. The number of hydrogen-bond acceptors (Lipinski definition) is 5. The summed E-state index contributed by atoms with van der Waals surface area (Å²) < 4.78 is 0. The summed E-state index contributed by atoms with van der Waals surface area (Å²) in [6, 6.07) is 18.4. The molecule has 7 nitrogen and oxygen atoms in total. The first-order valence-electron chi connectivity index (χ1n) is 9.76. The molecule has 4 rings (SSSR count). The molecule has 1 aliphatic heterocycles. The Hall–Kier alpha value is -3.65. The number of carbonyl (C=O) groups excluding carboxylic acids is 2. The molecule has 0 saturated carbocycles. The first kappa shape index (κ1) is 20.6. The first-order valence-corrected chi connectivity index (χ1v) is 10.6. The molecule has 0 spiro atoms. The molecule has 0 bridgehead atoms. The molecule has 0 aliphatic carbocycles. The van der Waals surface area contributed by atoms with E-state index in [0.29, 0.717) is 17.8 Å². The molecule has 1 N–H and O–H groups in total. The Bertz CT molecular complexity index is 1190. The van der Waals surface area contributed by atoms with E-state index >= 15 is 0 Å². The topological polar surface area (TPSA) is 92.6 Å². The zero-order valence-corrected chi connectivity index (χ0v) is 17.5. The predicted octanol–water partition coefficient (Wildman–Crippen LogP) is 5.37. The van der Waals surface area contributed by atoms with E-state index in [9.17, 15) is 19.7 Å². The summed E-state index contributed by atoms with van der Waals surface area (Å²) in [5.41, 5.74) is 2.05. The van der Waals surface area contributed by atoms with Crippen molar-refractivity contribution in [3.8, 4) is 0 Å². The SMILES string of the molecule is CCCN1C(=O)c2ccccc2Sc2cc(NC(=O)c3cccc([N+](=O)[O-])c3)ccc21. The van der Waals surface area contributed by atoms with E-state index in [2.05, 4.69) is 5.32 Å². The number of carbonyl (C=O) groups is 2. The molecule has 0 radical (unpaired) electrons. The number of nitro groups is 1. The van der Waals surface area contributed by atoms with E-state index in [-0.39, 0.29) is 17.2 Å². The predicted molar refractivity (Wildman–Crippen MR) is 120 cm³/mol. The molecule has 0 saturated heterocycles. The van der Waals surface area contributed by atoms with Crippen LogP contribution in [0.25, 0.3) is 0 Å². The smallest absolute Gasteiger partial charge is 0.270 e. The van der Waals surface area contributed by atoms with Gasteiger partial charge in [-0.3, -0.25) is 19.7 Å². The van der Waals surface area contributed by atoms with E-state index in [0.717, 1.165) is 21.9 Å². The Kier molecular flexibility index (Phi) is 5.73. The van der Waals surface area contributed by atoms with Crippen molar-refractivity contribution < 1.29 is 14.5 Å². The summed E-state index contributed by atoms with van der Waals surface area (Å²) in [6.07, 6.45) is 0.809. The quantitative estimate of drug-likeness (QED) is 0.431. The Morgan fingerprint density at radius 3 is 2.65 bits per heavy atom. The molecule has 1 aliphatic rings. The minimum Gasteiger partial charge on any atom is -0.322 e. The van der Waals surface area contributed by atoms with Crippen molar-refractivity contribution >= 4 is 40.6 Å². The van der Waals surface area contributed by atoms with Crippen LogP contribution < -0.4 is 10.2 Å². The van der Waals surface area contributed by atoms with Gasteiger partial charge in [-0.2, -0.15) is 0 Å². The number of hydrogen-bond donors (Lipinski definition) is 1. The van der Waals surface area contributed by atoms with E-state index < -0.39 is 10.8 Å². The lowest BCUT2D eigenvalue weighted by atomic mass is 10.1. The van der Waals surface area contributed by atoms with E-state index in [1.807, 2.05) is 43.3 Å². The monoisotopic (exact) mass is 433 g/mol. The van der Waals surface area contributed by atoms with Gasteiger partial charge in [-0.05, 0) is 42.8 Å². The van der Waals surface area contributed by atoms with Crippen molar-refractivity contribution in [1.82, 2.24) is 0 Å². The van der Waals surface area contributed by atoms with Crippen molar-refractivity contribution in [2.45, 2.75) is 23.1 Å². The zero-order chi connectivity index (χ0) is 22.0. The van der Waals surface area contributed by atoms with Gasteiger partial charge in [0, 0.05) is 39.7 Å². The van der Waals surface area contributed by atoms with Gasteiger partial charge < -0.3 is 10.2 Å². The summed E-state index contributed by atoms with van der Waals surface area (Å²) in [5, 5.41) is 13.8. The first-order chi connectivity index (χ1) is 15.0.